The van der Waals surface area contributed by atoms with Crippen molar-refractivity contribution in [3.05, 3.63) is 22.8 Å². The predicted molar refractivity (Wildman–Crippen MR) is 69.1 cm³/mol. The summed E-state index contributed by atoms with van der Waals surface area (Å²) in [5.74, 6) is -0.387. The van der Waals surface area contributed by atoms with E-state index in [1.165, 1.54) is 0 Å². The van der Waals surface area contributed by atoms with Gasteiger partial charge in [0.25, 0.3) is 5.09 Å². The summed E-state index contributed by atoms with van der Waals surface area (Å²) in [6, 6.07) is 0. The molecule has 7 heteroatoms. The number of halogens is 1. The van der Waals surface area contributed by atoms with Gasteiger partial charge in [-0.3, -0.25) is 0 Å². The van der Waals surface area contributed by atoms with Gasteiger partial charge in [0.1, 0.15) is 0 Å². The van der Waals surface area contributed by atoms with Crippen molar-refractivity contribution in [2.24, 2.45) is 0 Å². The number of esters is 1. The van der Waals surface area contributed by atoms with Gasteiger partial charge in [-0.05, 0) is 12.8 Å². The molecule has 0 atom stereocenters. The molecule has 18 heavy (non-hydrogen) atoms. The van der Waals surface area contributed by atoms with Crippen molar-refractivity contribution in [3.8, 4) is 0 Å². The molecule has 0 spiro atoms. The molecule has 0 aromatic carbocycles. The third kappa shape index (κ3) is 14.7. The van der Waals surface area contributed by atoms with E-state index in [1.54, 1.807) is 0 Å². The minimum absolute atomic E-state index is 0. The summed E-state index contributed by atoms with van der Waals surface area (Å²) < 4.78 is 4.81. The Kier molecular flexibility index (Phi) is 14.6. The van der Waals surface area contributed by atoms with Gasteiger partial charge in [0.05, 0.1) is 13.2 Å². The van der Waals surface area contributed by atoms with Gasteiger partial charge in [-0.2, -0.15) is 0 Å². The van der Waals surface area contributed by atoms with Gasteiger partial charge in [0.2, 0.25) is 0 Å². The molecule has 0 N–H and O–H groups in total. The highest BCUT2D eigenvalue weighted by molar-refractivity contribution is 5.85. The lowest BCUT2D eigenvalue weighted by Crippen LogP contribution is -2.02. The number of carbonyl (C=O) groups is 1. The van der Waals surface area contributed by atoms with Crippen LogP contribution in [0.3, 0.4) is 0 Å². The molecule has 0 aliphatic carbocycles. The number of ether oxygens (including phenoxy) is 1. The topological polar surface area (TPSA) is 78.7 Å². The molecule has 106 valence electrons. The third-order valence-electron chi connectivity index (χ3n) is 2.15. The molecule has 0 rings (SSSR count). The van der Waals surface area contributed by atoms with Gasteiger partial charge in [0, 0.05) is 6.08 Å². The summed E-state index contributed by atoms with van der Waals surface area (Å²) in [4.78, 5) is 24.7. The van der Waals surface area contributed by atoms with Crippen molar-refractivity contribution in [1.29, 1.82) is 0 Å². The Morgan fingerprint density at radius 3 is 2.11 bits per heavy atom. The third-order valence-corrected chi connectivity index (χ3v) is 2.15. The first-order valence-electron chi connectivity index (χ1n) is 5.73. The molecular formula is C11H20ClNO5. The van der Waals surface area contributed by atoms with Crippen LogP contribution in [0.15, 0.2) is 12.7 Å². The number of unbranched alkanes of at least 4 members (excludes halogenated alkanes) is 5. The largest absolute Gasteiger partial charge is 0.463 e. The van der Waals surface area contributed by atoms with Crippen LogP contribution >= 0.6 is 12.4 Å². The van der Waals surface area contributed by atoms with Gasteiger partial charge in [-0.25, -0.2) is 4.79 Å². The molecule has 0 amide bonds. The Morgan fingerprint density at radius 2 is 1.61 bits per heavy atom. The van der Waals surface area contributed by atoms with Gasteiger partial charge in [-0.15, -0.1) is 22.5 Å². The van der Waals surface area contributed by atoms with Crippen LogP contribution in [0.2, 0.25) is 0 Å². The molecule has 0 heterocycles. The quantitative estimate of drug-likeness (QED) is 0.191. The summed E-state index contributed by atoms with van der Waals surface area (Å²) >= 11 is 0. The van der Waals surface area contributed by atoms with E-state index in [0.29, 0.717) is 13.0 Å². The first kappa shape index (κ1) is 19.0. The fourth-order valence-electron chi connectivity index (χ4n) is 1.28. The number of hydrogen-bond acceptors (Lipinski definition) is 5. The molecule has 0 aliphatic rings. The van der Waals surface area contributed by atoms with Gasteiger partial charge in [0.15, 0.2) is 0 Å². The molecule has 0 bridgehead atoms. The molecule has 0 fully saturated rings. The molecule has 0 radical (unpaired) electrons. The van der Waals surface area contributed by atoms with E-state index in [0.717, 1.165) is 38.2 Å². The number of hydrogen-bond donors (Lipinski definition) is 0. The van der Waals surface area contributed by atoms with Crippen LogP contribution in [-0.2, 0) is 14.4 Å². The van der Waals surface area contributed by atoms with Crippen LogP contribution in [-0.4, -0.2) is 24.3 Å². The van der Waals surface area contributed by atoms with Crippen molar-refractivity contribution in [1.82, 2.24) is 0 Å². The summed E-state index contributed by atoms with van der Waals surface area (Å²) in [6.07, 6.45) is 6.63. The Labute approximate surface area is 113 Å². The zero-order valence-electron chi connectivity index (χ0n) is 10.3. The lowest BCUT2D eigenvalue weighted by Gasteiger charge is -2.02. The summed E-state index contributed by atoms with van der Waals surface area (Å²) in [5.41, 5.74) is 0. The Bertz CT molecular complexity index is 248. The molecule has 0 unspecified atom stereocenters. The standard InChI is InChI=1S/C11H19NO5.ClH/c1-2-11(13)16-9-7-5-3-4-6-8-10-17-12(14)15;/h2H,1,3-10H2;1H. The van der Waals surface area contributed by atoms with Crippen molar-refractivity contribution < 1.29 is 19.5 Å². The Morgan fingerprint density at radius 1 is 1.11 bits per heavy atom. The second-order valence-electron chi connectivity index (χ2n) is 3.55. The smallest absolute Gasteiger partial charge is 0.330 e. The highest BCUT2D eigenvalue weighted by Gasteiger charge is 1.97. The zero-order valence-corrected chi connectivity index (χ0v) is 11.2. The van der Waals surface area contributed by atoms with E-state index >= 15 is 0 Å². The maximum Gasteiger partial charge on any atom is 0.330 e. The van der Waals surface area contributed by atoms with Crippen LogP contribution < -0.4 is 0 Å². The lowest BCUT2D eigenvalue weighted by molar-refractivity contribution is -0.757. The fourth-order valence-corrected chi connectivity index (χ4v) is 1.28. The first-order valence-corrected chi connectivity index (χ1v) is 5.73. The first-order chi connectivity index (χ1) is 8.16. The van der Waals surface area contributed by atoms with Gasteiger partial charge < -0.3 is 9.57 Å². The molecule has 0 saturated heterocycles. The highest BCUT2D eigenvalue weighted by Crippen LogP contribution is 2.05. The maximum absolute atomic E-state index is 10.7. The number of rotatable bonds is 11. The second kappa shape index (κ2) is 13.8. The van der Waals surface area contributed by atoms with Gasteiger partial charge >= 0.3 is 5.97 Å². The Hall–Kier alpha value is -1.30. The minimum atomic E-state index is -0.770. The summed E-state index contributed by atoms with van der Waals surface area (Å²) in [6.45, 7) is 3.89. The molecular weight excluding hydrogens is 262 g/mol. The second-order valence-corrected chi connectivity index (χ2v) is 3.55. The van der Waals surface area contributed by atoms with Crippen molar-refractivity contribution >= 4 is 18.4 Å². The number of carbonyl (C=O) groups excluding carboxylic acids is 1. The minimum Gasteiger partial charge on any atom is -0.463 e. The average Bonchev–Trinajstić information content (AvgIpc) is 2.30. The number of nitrogens with zero attached hydrogens (tertiary/aromatic N) is 1. The normalized spacial score (nSPS) is 9.11. The van der Waals surface area contributed by atoms with E-state index in [2.05, 4.69) is 11.4 Å². The summed E-state index contributed by atoms with van der Waals surface area (Å²) in [7, 11) is 0. The van der Waals surface area contributed by atoms with Gasteiger partial charge in [-0.1, -0.05) is 32.3 Å². The van der Waals surface area contributed by atoms with Crippen LogP contribution in [0, 0.1) is 10.1 Å². The highest BCUT2D eigenvalue weighted by atomic mass is 35.5. The summed E-state index contributed by atoms with van der Waals surface area (Å²) in [5, 5.41) is 9.05. The average molecular weight is 282 g/mol. The van der Waals surface area contributed by atoms with Crippen LogP contribution in [0.25, 0.3) is 0 Å². The predicted octanol–water partition coefficient (Wildman–Crippen LogP) is 2.69. The Balaban J connectivity index is 0. The van der Waals surface area contributed by atoms with Crippen LogP contribution in [0.5, 0.6) is 0 Å². The van der Waals surface area contributed by atoms with Crippen LogP contribution in [0.1, 0.15) is 38.5 Å². The molecule has 0 saturated carbocycles. The van der Waals surface area contributed by atoms with Crippen molar-refractivity contribution in [2.75, 3.05) is 13.2 Å². The SMILES string of the molecule is C=CC(=O)OCCCCCCCCO[N+](=O)[O-].Cl. The van der Waals surface area contributed by atoms with Crippen molar-refractivity contribution in [2.45, 2.75) is 38.5 Å². The monoisotopic (exact) mass is 281 g/mol. The molecule has 6 nitrogen and oxygen atoms in total. The van der Waals surface area contributed by atoms with E-state index in [1.807, 2.05) is 0 Å². The lowest BCUT2D eigenvalue weighted by atomic mass is 10.1. The molecule has 0 aromatic heterocycles. The maximum atomic E-state index is 10.7. The fraction of sp³-hybridized carbons (Fsp3) is 0.727. The van der Waals surface area contributed by atoms with E-state index in [9.17, 15) is 14.9 Å². The van der Waals surface area contributed by atoms with Crippen molar-refractivity contribution in [3.63, 3.8) is 0 Å². The van der Waals surface area contributed by atoms with E-state index in [-0.39, 0.29) is 25.0 Å². The zero-order chi connectivity index (χ0) is 12.9. The molecule has 0 aliphatic heterocycles. The van der Waals surface area contributed by atoms with E-state index in [4.69, 9.17) is 4.74 Å². The van der Waals surface area contributed by atoms with E-state index < -0.39 is 5.09 Å². The molecule has 0 aromatic rings. The van der Waals surface area contributed by atoms with Crippen LogP contribution in [0.4, 0.5) is 0 Å².